The van der Waals surface area contributed by atoms with Crippen molar-refractivity contribution in [2.75, 3.05) is 11.9 Å². The lowest BCUT2D eigenvalue weighted by Gasteiger charge is -2.12. The van der Waals surface area contributed by atoms with Gasteiger partial charge in [-0.2, -0.15) is 0 Å². The van der Waals surface area contributed by atoms with Gasteiger partial charge in [-0.05, 0) is 36.8 Å². The number of hydrogen-bond donors (Lipinski definition) is 1. The first-order valence-electron chi connectivity index (χ1n) is 5.12. The molecule has 0 aliphatic heterocycles. The zero-order valence-electron chi connectivity index (χ0n) is 8.33. The van der Waals surface area contributed by atoms with E-state index in [1.54, 1.807) is 6.20 Å². The molecule has 0 bridgehead atoms. The molecule has 1 atom stereocenters. The quantitative estimate of drug-likeness (QED) is 0.826. The van der Waals surface area contributed by atoms with E-state index in [2.05, 4.69) is 17.2 Å². The van der Waals surface area contributed by atoms with E-state index in [0.717, 1.165) is 24.2 Å². The molecule has 1 fully saturated rings. The molecule has 2 nitrogen and oxygen atoms in total. The molecular weight excluding hydrogens is 196 g/mol. The molecule has 14 heavy (non-hydrogen) atoms. The first-order chi connectivity index (χ1) is 6.77. The fraction of sp³-hybridized carbons (Fsp3) is 0.545. The fourth-order valence-electron chi connectivity index (χ4n) is 1.61. The summed E-state index contributed by atoms with van der Waals surface area (Å²) < 4.78 is 0. The molecule has 0 radical (unpaired) electrons. The Balaban J connectivity index is 1.87. The summed E-state index contributed by atoms with van der Waals surface area (Å²) in [5, 5.41) is 4.00. The molecule has 0 amide bonds. The highest BCUT2D eigenvalue weighted by Crippen LogP contribution is 2.36. The maximum absolute atomic E-state index is 5.98. The van der Waals surface area contributed by atoms with Crippen LogP contribution in [0.1, 0.15) is 19.8 Å². The Morgan fingerprint density at radius 1 is 1.64 bits per heavy atom. The summed E-state index contributed by atoms with van der Waals surface area (Å²) in [6.07, 6.45) is 4.54. The van der Waals surface area contributed by atoms with E-state index in [1.165, 1.54) is 12.8 Å². The van der Waals surface area contributed by atoms with E-state index < -0.39 is 0 Å². The van der Waals surface area contributed by atoms with Crippen LogP contribution in [-0.2, 0) is 0 Å². The van der Waals surface area contributed by atoms with Gasteiger partial charge in [0.25, 0.3) is 0 Å². The third kappa shape index (κ3) is 2.38. The van der Waals surface area contributed by atoms with Crippen molar-refractivity contribution in [1.82, 2.24) is 4.98 Å². The number of nitrogens with zero attached hydrogens (tertiary/aromatic N) is 1. The van der Waals surface area contributed by atoms with Gasteiger partial charge in [0.15, 0.2) is 0 Å². The van der Waals surface area contributed by atoms with Crippen LogP contribution in [0.15, 0.2) is 18.3 Å². The molecule has 0 aromatic carbocycles. The number of anilines is 1. The van der Waals surface area contributed by atoms with E-state index in [4.69, 9.17) is 11.6 Å². The molecular formula is C11H15ClN2. The van der Waals surface area contributed by atoms with Crippen LogP contribution in [-0.4, -0.2) is 11.5 Å². The Morgan fingerprint density at radius 2 is 2.43 bits per heavy atom. The van der Waals surface area contributed by atoms with Gasteiger partial charge in [-0.15, -0.1) is 0 Å². The van der Waals surface area contributed by atoms with Crippen LogP contribution in [0.5, 0.6) is 0 Å². The molecule has 0 saturated heterocycles. The van der Waals surface area contributed by atoms with Crippen molar-refractivity contribution in [3.05, 3.63) is 23.4 Å². The van der Waals surface area contributed by atoms with Crippen LogP contribution in [0, 0.1) is 11.8 Å². The van der Waals surface area contributed by atoms with E-state index in [-0.39, 0.29) is 0 Å². The monoisotopic (exact) mass is 210 g/mol. The standard InChI is InChI=1S/C11H15ClN2/c1-8(9-4-5-9)7-14-11-10(12)3-2-6-13-11/h2-3,6,8-9H,4-5,7H2,1H3,(H,13,14). The summed E-state index contributed by atoms with van der Waals surface area (Å²) >= 11 is 5.98. The van der Waals surface area contributed by atoms with Crippen molar-refractivity contribution in [3.63, 3.8) is 0 Å². The van der Waals surface area contributed by atoms with Crippen LogP contribution in [0.25, 0.3) is 0 Å². The number of hydrogen-bond acceptors (Lipinski definition) is 2. The van der Waals surface area contributed by atoms with Crippen molar-refractivity contribution >= 4 is 17.4 Å². The number of rotatable bonds is 4. The maximum Gasteiger partial charge on any atom is 0.144 e. The third-order valence-corrected chi connectivity index (χ3v) is 3.08. The average Bonchev–Trinajstić information content (AvgIpc) is 2.99. The van der Waals surface area contributed by atoms with Crippen molar-refractivity contribution in [1.29, 1.82) is 0 Å². The predicted molar refractivity (Wildman–Crippen MR) is 59.6 cm³/mol. The number of nitrogens with one attached hydrogen (secondary N) is 1. The molecule has 1 aliphatic carbocycles. The van der Waals surface area contributed by atoms with Crippen molar-refractivity contribution in [2.24, 2.45) is 11.8 Å². The second-order valence-electron chi connectivity index (χ2n) is 4.03. The minimum atomic E-state index is 0.704. The number of aromatic nitrogens is 1. The highest BCUT2D eigenvalue weighted by atomic mass is 35.5. The first-order valence-corrected chi connectivity index (χ1v) is 5.49. The summed E-state index contributed by atoms with van der Waals surface area (Å²) in [7, 11) is 0. The lowest BCUT2D eigenvalue weighted by Crippen LogP contribution is -2.13. The smallest absolute Gasteiger partial charge is 0.144 e. The van der Waals surface area contributed by atoms with Gasteiger partial charge in [0.1, 0.15) is 5.82 Å². The van der Waals surface area contributed by atoms with Gasteiger partial charge in [0.2, 0.25) is 0 Å². The van der Waals surface area contributed by atoms with E-state index in [9.17, 15) is 0 Å². The van der Waals surface area contributed by atoms with Gasteiger partial charge in [0, 0.05) is 12.7 Å². The summed E-state index contributed by atoms with van der Waals surface area (Å²) in [4.78, 5) is 4.19. The summed E-state index contributed by atoms with van der Waals surface area (Å²) in [6, 6.07) is 3.70. The Bertz CT molecular complexity index is 310. The van der Waals surface area contributed by atoms with Crippen LogP contribution in [0.2, 0.25) is 5.02 Å². The van der Waals surface area contributed by atoms with Gasteiger partial charge >= 0.3 is 0 Å². The number of halogens is 1. The molecule has 1 aliphatic rings. The Kier molecular flexibility index (Phi) is 2.92. The van der Waals surface area contributed by atoms with Crippen molar-refractivity contribution < 1.29 is 0 Å². The maximum atomic E-state index is 5.98. The molecule has 2 rings (SSSR count). The molecule has 1 unspecified atom stereocenters. The van der Waals surface area contributed by atoms with E-state index in [1.807, 2.05) is 12.1 Å². The van der Waals surface area contributed by atoms with Crippen LogP contribution in [0.4, 0.5) is 5.82 Å². The van der Waals surface area contributed by atoms with Crippen molar-refractivity contribution in [2.45, 2.75) is 19.8 Å². The van der Waals surface area contributed by atoms with Gasteiger partial charge in [-0.1, -0.05) is 18.5 Å². The molecule has 3 heteroatoms. The van der Waals surface area contributed by atoms with Crippen LogP contribution >= 0.6 is 11.6 Å². The normalized spacial score (nSPS) is 17.9. The molecule has 1 heterocycles. The number of pyridine rings is 1. The lowest BCUT2D eigenvalue weighted by molar-refractivity contribution is 0.536. The highest BCUT2D eigenvalue weighted by molar-refractivity contribution is 6.32. The van der Waals surface area contributed by atoms with Gasteiger partial charge in [-0.3, -0.25) is 0 Å². The predicted octanol–water partition coefficient (Wildman–Crippen LogP) is 3.19. The van der Waals surface area contributed by atoms with E-state index in [0.29, 0.717) is 5.02 Å². The minimum Gasteiger partial charge on any atom is -0.369 e. The molecule has 1 saturated carbocycles. The zero-order valence-corrected chi connectivity index (χ0v) is 9.09. The highest BCUT2D eigenvalue weighted by Gasteiger charge is 2.27. The second-order valence-corrected chi connectivity index (χ2v) is 4.44. The minimum absolute atomic E-state index is 0.704. The Hall–Kier alpha value is -0.760. The van der Waals surface area contributed by atoms with Crippen LogP contribution in [0.3, 0.4) is 0 Å². The molecule has 1 aromatic heterocycles. The fourth-order valence-corrected chi connectivity index (χ4v) is 1.79. The first kappa shape index (κ1) is 9.78. The molecule has 1 aromatic rings. The van der Waals surface area contributed by atoms with Crippen LogP contribution < -0.4 is 5.32 Å². The topological polar surface area (TPSA) is 24.9 Å². The molecule has 1 N–H and O–H groups in total. The van der Waals surface area contributed by atoms with Gasteiger partial charge in [0.05, 0.1) is 5.02 Å². The summed E-state index contributed by atoms with van der Waals surface area (Å²) in [6.45, 7) is 3.25. The lowest BCUT2D eigenvalue weighted by atomic mass is 10.1. The van der Waals surface area contributed by atoms with Gasteiger partial charge in [-0.25, -0.2) is 4.98 Å². The molecule has 0 spiro atoms. The van der Waals surface area contributed by atoms with Gasteiger partial charge < -0.3 is 5.32 Å². The van der Waals surface area contributed by atoms with Crippen molar-refractivity contribution in [3.8, 4) is 0 Å². The SMILES string of the molecule is CC(CNc1ncccc1Cl)C1CC1. The average molecular weight is 211 g/mol. The molecule has 76 valence electrons. The summed E-state index contributed by atoms with van der Waals surface area (Å²) in [5.41, 5.74) is 0. The Labute approximate surface area is 89.7 Å². The largest absolute Gasteiger partial charge is 0.369 e. The third-order valence-electron chi connectivity index (χ3n) is 2.78. The summed E-state index contributed by atoms with van der Waals surface area (Å²) in [5.74, 6) is 2.46. The second kappa shape index (κ2) is 4.18. The van der Waals surface area contributed by atoms with E-state index >= 15 is 0 Å². The zero-order chi connectivity index (χ0) is 9.97. The Morgan fingerprint density at radius 3 is 3.07 bits per heavy atom.